The highest BCUT2D eigenvalue weighted by atomic mass is 16.7. The summed E-state index contributed by atoms with van der Waals surface area (Å²) in [5.41, 5.74) is 1.27. The Balaban J connectivity index is 1.25. The molecular weight excluding hydrogens is 318 g/mol. The van der Waals surface area contributed by atoms with E-state index in [2.05, 4.69) is 40.1 Å². The molecule has 0 bridgehead atoms. The van der Waals surface area contributed by atoms with E-state index >= 15 is 0 Å². The molecule has 3 aliphatic heterocycles. The number of nitrogens with zero attached hydrogens (tertiary/aromatic N) is 3. The summed E-state index contributed by atoms with van der Waals surface area (Å²) in [5.74, 6) is 0.0371. The van der Waals surface area contributed by atoms with Gasteiger partial charge in [-0.05, 0) is 25.5 Å². The van der Waals surface area contributed by atoms with Crippen LogP contribution in [0.1, 0.15) is 12.0 Å². The summed E-state index contributed by atoms with van der Waals surface area (Å²) in [6.45, 7) is 5.56. The topological polar surface area (TPSA) is 45.2 Å². The minimum absolute atomic E-state index is 0.0371. The van der Waals surface area contributed by atoms with Gasteiger partial charge in [0.15, 0.2) is 0 Å². The predicted octanol–water partition coefficient (Wildman–Crippen LogP) is 0.778. The smallest absolute Gasteiger partial charge is 0.265 e. The molecule has 3 fully saturated rings. The molecule has 6 heteroatoms. The number of amides is 1. The van der Waals surface area contributed by atoms with E-state index in [1.807, 2.05) is 7.05 Å². The number of hydrogen-bond donors (Lipinski definition) is 0. The third-order valence-electron chi connectivity index (χ3n) is 5.48. The number of ether oxygens (including phenoxy) is 1. The van der Waals surface area contributed by atoms with E-state index in [1.54, 1.807) is 0 Å². The zero-order valence-electron chi connectivity index (χ0n) is 14.9. The van der Waals surface area contributed by atoms with Crippen LogP contribution in [0, 0.1) is 0 Å². The van der Waals surface area contributed by atoms with Gasteiger partial charge in [0, 0.05) is 26.2 Å². The highest BCUT2D eigenvalue weighted by Gasteiger charge is 2.50. The van der Waals surface area contributed by atoms with Gasteiger partial charge in [0.1, 0.15) is 11.6 Å². The lowest BCUT2D eigenvalue weighted by Gasteiger charge is -2.55. The van der Waals surface area contributed by atoms with Gasteiger partial charge < -0.3 is 4.74 Å². The summed E-state index contributed by atoms with van der Waals surface area (Å²) in [7, 11) is 2.02. The molecule has 3 heterocycles. The number of hydroxylamine groups is 2. The molecule has 1 aromatic rings. The lowest BCUT2D eigenvalue weighted by atomic mass is 9.90. The van der Waals surface area contributed by atoms with Crippen LogP contribution in [0.4, 0.5) is 0 Å². The summed E-state index contributed by atoms with van der Waals surface area (Å²) in [6.07, 6.45) is 1.99. The Morgan fingerprint density at radius 2 is 2.04 bits per heavy atom. The molecule has 1 amide bonds. The standard InChI is InChI=1S/C19H27N3O3/c1-20-13-19(24-12-17(20)18(23)22-9-5-11-25-22)14-21(15-19)10-8-16-6-3-2-4-7-16/h2-4,6-7,17H,5,8-15H2,1H3/t17-/m1/s1. The Bertz CT molecular complexity index is 597. The van der Waals surface area contributed by atoms with E-state index in [-0.39, 0.29) is 17.6 Å². The van der Waals surface area contributed by atoms with E-state index in [0.717, 1.165) is 39.0 Å². The van der Waals surface area contributed by atoms with Gasteiger partial charge in [-0.15, -0.1) is 0 Å². The van der Waals surface area contributed by atoms with Gasteiger partial charge in [-0.2, -0.15) is 0 Å². The van der Waals surface area contributed by atoms with Crippen molar-refractivity contribution in [1.82, 2.24) is 14.9 Å². The number of hydrogen-bond acceptors (Lipinski definition) is 5. The van der Waals surface area contributed by atoms with Crippen LogP contribution in [0.2, 0.25) is 0 Å². The molecule has 4 rings (SSSR count). The van der Waals surface area contributed by atoms with Crippen molar-refractivity contribution in [3.63, 3.8) is 0 Å². The molecule has 0 N–H and O–H groups in total. The van der Waals surface area contributed by atoms with Crippen LogP contribution in [-0.4, -0.2) is 85.4 Å². The fourth-order valence-corrected chi connectivity index (χ4v) is 4.09. The maximum absolute atomic E-state index is 12.5. The lowest BCUT2D eigenvalue weighted by molar-refractivity contribution is -0.211. The molecule has 25 heavy (non-hydrogen) atoms. The van der Waals surface area contributed by atoms with Crippen molar-refractivity contribution in [3.05, 3.63) is 35.9 Å². The number of rotatable bonds is 4. The first-order chi connectivity index (χ1) is 12.2. The van der Waals surface area contributed by atoms with E-state index in [9.17, 15) is 4.79 Å². The summed E-state index contributed by atoms with van der Waals surface area (Å²) in [4.78, 5) is 22.5. The van der Waals surface area contributed by atoms with Gasteiger partial charge in [-0.25, -0.2) is 5.06 Å². The third kappa shape index (κ3) is 3.58. The van der Waals surface area contributed by atoms with Crippen LogP contribution in [0.3, 0.4) is 0 Å². The fourth-order valence-electron chi connectivity index (χ4n) is 4.09. The van der Waals surface area contributed by atoms with E-state index in [0.29, 0.717) is 19.8 Å². The Morgan fingerprint density at radius 1 is 1.24 bits per heavy atom. The molecule has 1 spiro atoms. The van der Waals surface area contributed by atoms with Gasteiger partial charge in [-0.3, -0.25) is 19.4 Å². The molecule has 3 aliphatic rings. The van der Waals surface area contributed by atoms with Crippen molar-refractivity contribution in [3.8, 4) is 0 Å². The Morgan fingerprint density at radius 3 is 2.72 bits per heavy atom. The second kappa shape index (κ2) is 7.03. The number of carbonyl (C=O) groups excluding carboxylic acids is 1. The van der Waals surface area contributed by atoms with Crippen molar-refractivity contribution >= 4 is 5.91 Å². The molecule has 0 saturated carbocycles. The maximum atomic E-state index is 12.5. The van der Waals surface area contributed by atoms with Crippen molar-refractivity contribution in [2.24, 2.45) is 0 Å². The average molecular weight is 345 g/mol. The lowest BCUT2D eigenvalue weighted by Crippen LogP contribution is -2.72. The largest absolute Gasteiger partial charge is 0.369 e. The monoisotopic (exact) mass is 345 g/mol. The van der Waals surface area contributed by atoms with Crippen LogP contribution in [-0.2, 0) is 20.8 Å². The molecule has 0 aliphatic carbocycles. The number of morpholine rings is 1. The SMILES string of the molecule is CN1CC2(CN(CCc3ccccc3)C2)OC[C@@H]1C(=O)N1CCCO1. The summed E-state index contributed by atoms with van der Waals surface area (Å²) >= 11 is 0. The highest BCUT2D eigenvalue weighted by molar-refractivity contribution is 5.81. The van der Waals surface area contributed by atoms with Crippen molar-refractivity contribution in [2.75, 3.05) is 53.0 Å². The molecule has 0 unspecified atom stereocenters. The van der Waals surface area contributed by atoms with Crippen LogP contribution in [0.25, 0.3) is 0 Å². The first-order valence-corrected chi connectivity index (χ1v) is 9.20. The maximum Gasteiger partial charge on any atom is 0.265 e. The second-order valence-corrected chi connectivity index (χ2v) is 7.50. The molecule has 0 radical (unpaired) electrons. The van der Waals surface area contributed by atoms with Crippen molar-refractivity contribution < 1.29 is 14.4 Å². The van der Waals surface area contributed by atoms with E-state index in [4.69, 9.17) is 9.57 Å². The number of carbonyl (C=O) groups is 1. The fraction of sp³-hybridized carbons (Fsp3) is 0.632. The second-order valence-electron chi connectivity index (χ2n) is 7.50. The number of likely N-dealkylation sites (tertiary alicyclic amines) is 1. The van der Waals surface area contributed by atoms with Crippen LogP contribution < -0.4 is 0 Å². The first kappa shape index (κ1) is 17.0. The van der Waals surface area contributed by atoms with Gasteiger partial charge in [0.25, 0.3) is 5.91 Å². The van der Waals surface area contributed by atoms with E-state index in [1.165, 1.54) is 10.6 Å². The van der Waals surface area contributed by atoms with E-state index < -0.39 is 0 Å². The average Bonchev–Trinajstić information content (AvgIpc) is 3.13. The Kier molecular flexibility index (Phi) is 4.78. The molecule has 1 atom stereocenters. The zero-order valence-corrected chi connectivity index (χ0v) is 14.9. The van der Waals surface area contributed by atoms with Gasteiger partial charge in [0.2, 0.25) is 0 Å². The molecule has 1 aromatic carbocycles. The quantitative estimate of drug-likeness (QED) is 0.807. The highest BCUT2D eigenvalue weighted by Crippen LogP contribution is 2.31. The third-order valence-corrected chi connectivity index (χ3v) is 5.48. The minimum atomic E-state index is -0.220. The first-order valence-electron chi connectivity index (χ1n) is 9.20. The summed E-state index contributed by atoms with van der Waals surface area (Å²) in [6, 6.07) is 10.4. The molecule has 3 saturated heterocycles. The van der Waals surface area contributed by atoms with Gasteiger partial charge in [0.05, 0.1) is 19.8 Å². The molecular formula is C19H27N3O3. The van der Waals surface area contributed by atoms with Crippen LogP contribution in [0.5, 0.6) is 0 Å². The van der Waals surface area contributed by atoms with Crippen LogP contribution >= 0.6 is 0 Å². The Labute approximate surface area is 149 Å². The predicted molar refractivity (Wildman–Crippen MR) is 94.0 cm³/mol. The van der Waals surface area contributed by atoms with Gasteiger partial charge >= 0.3 is 0 Å². The zero-order chi connectivity index (χ0) is 17.3. The van der Waals surface area contributed by atoms with Crippen LogP contribution in [0.15, 0.2) is 30.3 Å². The molecule has 0 aromatic heterocycles. The summed E-state index contributed by atoms with van der Waals surface area (Å²) in [5, 5.41) is 1.51. The Hall–Kier alpha value is -1.47. The minimum Gasteiger partial charge on any atom is -0.369 e. The summed E-state index contributed by atoms with van der Waals surface area (Å²) < 4.78 is 6.16. The molecule has 6 nitrogen and oxygen atoms in total. The normalized spacial score (nSPS) is 26.8. The number of benzene rings is 1. The van der Waals surface area contributed by atoms with Gasteiger partial charge in [-0.1, -0.05) is 30.3 Å². The van der Waals surface area contributed by atoms with Crippen molar-refractivity contribution in [1.29, 1.82) is 0 Å². The molecule has 136 valence electrons. The number of likely N-dealkylation sites (N-methyl/N-ethyl adjacent to an activating group) is 1. The van der Waals surface area contributed by atoms with Crippen molar-refractivity contribution in [2.45, 2.75) is 24.5 Å².